The maximum atomic E-state index is 12.8. The van der Waals surface area contributed by atoms with E-state index < -0.39 is 17.5 Å². The second-order valence-electron chi connectivity index (χ2n) is 7.93. The van der Waals surface area contributed by atoms with Gasteiger partial charge in [0.2, 0.25) is 5.91 Å². The predicted molar refractivity (Wildman–Crippen MR) is 117 cm³/mol. The maximum absolute atomic E-state index is 12.8. The van der Waals surface area contributed by atoms with Crippen molar-refractivity contribution in [3.05, 3.63) is 63.2 Å². The van der Waals surface area contributed by atoms with Crippen LogP contribution in [0.1, 0.15) is 52.0 Å². The number of benzene rings is 2. The highest BCUT2D eigenvalue weighted by atomic mass is 16.6. The molecule has 2 aliphatic heterocycles. The second kappa shape index (κ2) is 9.17. The van der Waals surface area contributed by atoms with Gasteiger partial charge in [-0.1, -0.05) is 0 Å². The first-order valence-electron chi connectivity index (χ1n) is 10.6. The minimum atomic E-state index is -0.771. The van der Waals surface area contributed by atoms with Gasteiger partial charge in [-0.3, -0.25) is 19.7 Å². The Morgan fingerprint density at radius 2 is 1.84 bits per heavy atom. The van der Waals surface area contributed by atoms with Gasteiger partial charge in [0.25, 0.3) is 5.69 Å². The molecular formula is C23H23N3O6. The highest BCUT2D eigenvalue weighted by Crippen LogP contribution is 2.29. The molecule has 1 fully saturated rings. The standard InChI is InChI=1S/C23H23N3O6/c27-21(16-4-7-19-15(12-16)5-9-22(28)24-19)14-32-23(29)18-13-17(26(30)31)6-8-20(18)25-10-2-1-3-11-25/h4,6-8,12-13H,1-3,5,9-11,14H2,(H,24,28). The maximum Gasteiger partial charge on any atom is 0.340 e. The van der Waals surface area contributed by atoms with Crippen LogP contribution >= 0.6 is 0 Å². The molecule has 1 amide bonds. The van der Waals surface area contributed by atoms with Crippen LogP contribution in [0.5, 0.6) is 0 Å². The minimum absolute atomic E-state index is 0.0630. The van der Waals surface area contributed by atoms with Crippen molar-refractivity contribution in [2.45, 2.75) is 32.1 Å². The van der Waals surface area contributed by atoms with Crippen molar-refractivity contribution in [1.82, 2.24) is 0 Å². The van der Waals surface area contributed by atoms with Crippen LogP contribution in [0.3, 0.4) is 0 Å². The number of carbonyl (C=O) groups is 3. The number of hydrogen-bond donors (Lipinski definition) is 1. The van der Waals surface area contributed by atoms with E-state index in [2.05, 4.69) is 5.32 Å². The highest BCUT2D eigenvalue weighted by Gasteiger charge is 2.24. The molecule has 4 rings (SSSR count). The predicted octanol–water partition coefficient (Wildman–Crippen LogP) is 3.51. The Morgan fingerprint density at radius 3 is 2.59 bits per heavy atom. The van der Waals surface area contributed by atoms with E-state index in [1.165, 1.54) is 12.1 Å². The number of nitro benzene ring substituents is 1. The van der Waals surface area contributed by atoms with E-state index in [0.29, 0.717) is 29.8 Å². The zero-order valence-corrected chi connectivity index (χ0v) is 17.5. The number of fused-ring (bicyclic) bond motifs is 1. The largest absolute Gasteiger partial charge is 0.454 e. The number of nitrogens with one attached hydrogen (secondary N) is 1. The summed E-state index contributed by atoms with van der Waals surface area (Å²) in [7, 11) is 0. The Morgan fingerprint density at radius 1 is 1.06 bits per heavy atom. The van der Waals surface area contributed by atoms with Gasteiger partial charge in [0.05, 0.1) is 16.2 Å². The van der Waals surface area contributed by atoms with Crippen molar-refractivity contribution in [3.63, 3.8) is 0 Å². The number of rotatable bonds is 6. The van der Waals surface area contributed by atoms with Gasteiger partial charge in [0, 0.05) is 42.9 Å². The van der Waals surface area contributed by atoms with Crippen LogP contribution in [0, 0.1) is 10.1 Å². The Hall–Kier alpha value is -3.75. The van der Waals surface area contributed by atoms with Gasteiger partial charge < -0.3 is 15.0 Å². The van der Waals surface area contributed by atoms with Gasteiger partial charge in [-0.05, 0) is 55.5 Å². The van der Waals surface area contributed by atoms with Gasteiger partial charge in [-0.15, -0.1) is 0 Å². The molecular weight excluding hydrogens is 414 g/mol. The quantitative estimate of drug-likeness (QED) is 0.318. The molecule has 32 heavy (non-hydrogen) atoms. The first-order chi connectivity index (χ1) is 15.4. The molecule has 1 N–H and O–H groups in total. The molecule has 0 radical (unpaired) electrons. The summed E-state index contributed by atoms with van der Waals surface area (Å²) < 4.78 is 5.26. The van der Waals surface area contributed by atoms with E-state index in [-0.39, 0.29) is 22.9 Å². The zero-order chi connectivity index (χ0) is 22.7. The lowest BCUT2D eigenvalue weighted by Gasteiger charge is -2.30. The van der Waals surface area contributed by atoms with Crippen LogP contribution in [-0.2, 0) is 16.0 Å². The lowest BCUT2D eigenvalue weighted by molar-refractivity contribution is -0.384. The molecule has 0 aromatic heterocycles. The van der Waals surface area contributed by atoms with E-state index in [1.54, 1.807) is 24.3 Å². The summed E-state index contributed by atoms with van der Waals surface area (Å²) in [6, 6.07) is 9.08. The summed E-state index contributed by atoms with van der Waals surface area (Å²) in [6.07, 6.45) is 3.94. The van der Waals surface area contributed by atoms with Crippen molar-refractivity contribution in [1.29, 1.82) is 0 Å². The number of Topliss-reactive ketones (excluding diaryl/α,β-unsaturated/α-hetero) is 1. The molecule has 0 bridgehead atoms. The molecule has 1 saturated heterocycles. The number of non-ortho nitro benzene ring substituents is 1. The smallest absolute Gasteiger partial charge is 0.340 e. The van der Waals surface area contributed by atoms with Crippen LogP contribution in [-0.4, -0.2) is 42.3 Å². The molecule has 0 spiro atoms. The number of ether oxygens (including phenoxy) is 1. The number of ketones is 1. The normalized spacial score (nSPS) is 15.5. The molecule has 9 heteroatoms. The Bertz CT molecular complexity index is 1090. The molecule has 2 aromatic carbocycles. The van der Waals surface area contributed by atoms with E-state index in [0.717, 1.165) is 37.9 Å². The van der Waals surface area contributed by atoms with Crippen molar-refractivity contribution < 1.29 is 24.0 Å². The van der Waals surface area contributed by atoms with Crippen LogP contribution in [0.25, 0.3) is 0 Å². The van der Waals surface area contributed by atoms with Gasteiger partial charge in [-0.25, -0.2) is 4.79 Å². The Labute approximate surface area is 184 Å². The molecule has 0 unspecified atom stereocenters. The van der Waals surface area contributed by atoms with Crippen molar-refractivity contribution >= 4 is 34.7 Å². The summed E-state index contributed by atoms with van der Waals surface area (Å²) in [4.78, 5) is 49.6. The topological polar surface area (TPSA) is 119 Å². The molecule has 0 atom stereocenters. The zero-order valence-electron chi connectivity index (χ0n) is 17.5. The molecule has 166 valence electrons. The Balaban J connectivity index is 1.49. The molecule has 2 aliphatic rings. The van der Waals surface area contributed by atoms with Crippen molar-refractivity contribution in [3.8, 4) is 0 Å². The van der Waals surface area contributed by atoms with Crippen molar-refractivity contribution in [2.75, 3.05) is 29.9 Å². The lowest BCUT2D eigenvalue weighted by Crippen LogP contribution is -2.31. The summed E-state index contributed by atoms with van der Waals surface area (Å²) >= 11 is 0. The minimum Gasteiger partial charge on any atom is -0.454 e. The van der Waals surface area contributed by atoms with E-state index in [9.17, 15) is 24.5 Å². The molecule has 0 aliphatic carbocycles. The molecule has 0 saturated carbocycles. The number of nitro groups is 1. The number of nitrogens with zero attached hydrogens (tertiary/aromatic N) is 2. The summed E-state index contributed by atoms with van der Waals surface area (Å²) in [5.41, 5.74) is 2.37. The number of aryl methyl sites for hydroxylation is 1. The van der Waals surface area contributed by atoms with Crippen molar-refractivity contribution in [2.24, 2.45) is 0 Å². The Kier molecular flexibility index (Phi) is 6.16. The number of carbonyl (C=O) groups excluding carboxylic acids is 3. The summed E-state index contributed by atoms with van der Waals surface area (Å²) in [5.74, 6) is -1.22. The SMILES string of the molecule is O=C1CCc2cc(C(=O)COC(=O)c3cc([N+](=O)[O-])ccc3N3CCCCC3)ccc2N1. The fraction of sp³-hybridized carbons (Fsp3) is 0.348. The van der Waals surface area contributed by atoms with Gasteiger partial charge in [0.1, 0.15) is 0 Å². The van der Waals surface area contributed by atoms with Gasteiger partial charge in [-0.2, -0.15) is 0 Å². The third-order valence-electron chi connectivity index (χ3n) is 5.76. The number of anilines is 2. The number of hydrogen-bond acceptors (Lipinski definition) is 7. The number of amides is 1. The van der Waals surface area contributed by atoms with E-state index in [4.69, 9.17) is 4.74 Å². The summed E-state index contributed by atoms with van der Waals surface area (Å²) in [5, 5.41) is 14.0. The van der Waals surface area contributed by atoms with Crippen LogP contribution < -0.4 is 10.2 Å². The monoisotopic (exact) mass is 437 g/mol. The highest BCUT2D eigenvalue weighted by molar-refractivity contribution is 6.02. The molecule has 9 nitrogen and oxygen atoms in total. The fourth-order valence-corrected chi connectivity index (χ4v) is 4.06. The van der Waals surface area contributed by atoms with Gasteiger partial charge in [0.15, 0.2) is 12.4 Å². The fourth-order valence-electron chi connectivity index (χ4n) is 4.06. The number of piperidine rings is 1. The van der Waals surface area contributed by atoms with E-state index >= 15 is 0 Å². The van der Waals surface area contributed by atoms with Gasteiger partial charge >= 0.3 is 5.97 Å². The third-order valence-corrected chi connectivity index (χ3v) is 5.76. The number of esters is 1. The summed E-state index contributed by atoms with van der Waals surface area (Å²) in [6.45, 7) is 1.03. The second-order valence-corrected chi connectivity index (χ2v) is 7.93. The molecule has 2 heterocycles. The average molecular weight is 437 g/mol. The first kappa shape index (κ1) is 21.5. The first-order valence-corrected chi connectivity index (χ1v) is 10.6. The van der Waals surface area contributed by atoms with Crippen LogP contribution in [0.2, 0.25) is 0 Å². The molecule has 2 aromatic rings. The van der Waals surface area contributed by atoms with Crippen LogP contribution in [0.4, 0.5) is 17.1 Å². The third kappa shape index (κ3) is 4.61. The van der Waals surface area contributed by atoms with Crippen LogP contribution in [0.15, 0.2) is 36.4 Å². The lowest BCUT2D eigenvalue weighted by atomic mass is 9.99. The van der Waals surface area contributed by atoms with E-state index in [1.807, 2.05) is 4.90 Å². The average Bonchev–Trinajstić information content (AvgIpc) is 2.82.